The molecule has 2 N–H and O–H groups in total. The summed E-state index contributed by atoms with van der Waals surface area (Å²) in [6.07, 6.45) is 1.50. The molecule has 5 rings (SSSR count). The second-order valence-electron chi connectivity index (χ2n) is 9.54. The van der Waals surface area contributed by atoms with Gasteiger partial charge in [0.1, 0.15) is 0 Å². The van der Waals surface area contributed by atoms with Crippen molar-refractivity contribution in [1.82, 2.24) is 9.99 Å². The van der Waals surface area contributed by atoms with E-state index in [1.54, 1.807) is 36.4 Å². The molecule has 0 spiro atoms. The molecule has 0 fully saturated rings. The first-order chi connectivity index (χ1) is 20.9. The van der Waals surface area contributed by atoms with Crippen LogP contribution in [0.2, 0.25) is 0 Å². The summed E-state index contributed by atoms with van der Waals surface area (Å²) < 4.78 is 13.9. The number of benzene rings is 4. The molecule has 0 atom stereocenters. The van der Waals surface area contributed by atoms with Gasteiger partial charge in [-0.3, -0.25) is 9.59 Å². The lowest BCUT2D eigenvalue weighted by molar-refractivity contribution is -0.118. The zero-order valence-electron chi connectivity index (χ0n) is 23.6. The second kappa shape index (κ2) is 13.7. The van der Waals surface area contributed by atoms with Gasteiger partial charge in [-0.1, -0.05) is 48.5 Å². The van der Waals surface area contributed by atoms with Gasteiger partial charge in [0.2, 0.25) is 0 Å². The molecule has 43 heavy (non-hydrogen) atoms. The molecule has 0 aliphatic carbocycles. The number of aryl methyl sites for hydroxylation is 1. The maximum Gasteiger partial charge on any atom is 0.271 e. The lowest BCUT2D eigenvalue weighted by Gasteiger charge is -2.13. The zero-order chi connectivity index (χ0) is 30.2. The normalized spacial score (nSPS) is 10.9. The molecule has 0 aliphatic rings. The molecule has 0 aliphatic heterocycles. The van der Waals surface area contributed by atoms with Gasteiger partial charge in [0, 0.05) is 22.6 Å². The van der Waals surface area contributed by atoms with E-state index in [0.717, 1.165) is 22.6 Å². The molecule has 5 aromatic rings. The molecule has 216 valence electrons. The Morgan fingerprint density at radius 1 is 0.907 bits per heavy atom. The Balaban J connectivity index is 1.21. The Morgan fingerprint density at radius 3 is 2.30 bits per heavy atom. The van der Waals surface area contributed by atoms with Crippen LogP contribution in [0.1, 0.15) is 21.6 Å². The number of rotatable bonds is 10. The van der Waals surface area contributed by atoms with Gasteiger partial charge in [0.15, 0.2) is 18.1 Å². The van der Waals surface area contributed by atoms with Crippen molar-refractivity contribution >= 4 is 39.6 Å². The quantitative estimate of drug-likeness (QED) is 0.127. The average molecular weight is 638 g/mol. The Bertz CT molecular complexity index is 1750. The molecule has 9 heteroatoms. The van der Waals surface area contributed by atoms with Crippen LogP contribution < -0.4 is 20.2 Å². The fraction of sp³-hybridized carbons (Fsp3) is 0.0882. The van der Waals surface area contributed by atoms with Crippen LogP contribution in [0.15, 0.2) is 119 Å². The molecule has 1 heterocycles. The van der Waals surface area contributed by atoms with E-state index >= 15 is 0 Å². The average Bonchev–Trinajstić information content (AvgIpc) is 3.42. The molecule has 2 amide bonds. The van der Waals surface area contributed by atoms with Crippen LogP contribution in [0.4, 0.5) is 5.69 Å². The molecular formula is C34H29BrN4O4. The first-order valence-electron chi connectivity index (χ1n) is 13.5. The van der Waals surface area contributed by atoms with Crippen LogP contribution in [0.3, 0.4) is 0 Å². The number of halogens is 1. The number of ether oxygens (including phenoxy) is 2. The summed E-state index contributed by atoms with van der Waals surface area (Å²) in [6.45, 7) is 1.85. The maximum atomic E-state index is 12.8. The minimum atomic E-state index is -0.342. The molecule has 4 aromatic carbocycles. The number of aromatic nitrogens is 1. The molecule has 0 bridgehead atoms. The van der Waals surface area contributed by atoms with Crippen LogP contribution in [-0.4, -0.2) is 36.3 Å². The third kappa shape index (κ3) is 7.20. The Morgan fingerprint density at radius 2 is 1.60 bits per heavy atom. The van der Waals surface area contributed by atoms with Crippen molar-refractivity contribution in [2.24, 2.45) is 5.10 Å². The monoisotopic (exact) mass is 636 g/mol. The fourth-order valence-electron chi connectivity index (χ4n) is 4.52. The number of nitrogens with one attached hydrogen (secondary N) is 2. The highest BCUT2D eigenvalue weighted by Crippen LogP contribution is 2.36. The van der Waals surface area contributed by atoms with Crippen molar-refractivity contribution in [3.8, 4) is 28.4 Å². The predicted octanol–water partition coefficient (Wildman–Crippen LogP) is 7.01. The highest BCUT2D eigenvalue weighted by Gasteiger charge is 2.14. The molecular weight excluding hydrogens is 608 g/mol. The van der Waals surface area contributed by atoms with Gasteiger partial charge in [0.25, 0.3) is 11.8 Å². The lowest BCUT2D eigenvalue weighted by Crippen LogP contribution is -2.20. The standard InChI is InChI=1S/C34H29BrN4O4/c1-23-13-18-30(25-9-5-3-6-10-25)39(23)28-16-14-26(15-17-28)34(41)38-36-21-24-19-29(35)33(31(20-24)42-2)43-22-32(40)37-27-11-7-4-8-12-27/h3-21H,22H2,1-2H3,(H,37,40)(H,38,41)/b36-21+. The van der Waals surface area contributed by atoms with E-state index in [-0.39, 0.29) is 18.4 Å². The summed E-state index contributed by atoms with van der Waals surface area (Å²) in [5.74, 6) is 0.133. The van der Waals surface area contributed by atoms with Crippen molar-refractivity contribution in [3.05, 3.63) is 130 Å². The number of carbonyl (C=O) groups excluding carboxylic acids is 2. The van der Waals surface area contributed by atoms with Gasteiger partial charge in [-0.05, 0) is 94.6 Å². The smallest absolute Gasteiger partial charge is 0.271 e. The van der Waals surface area contributed by atoms with Crippen LogP contribution >= 0.6 is 15.9 Å². The van der Waals surface area contributed by atoms with Crippen LogP contribution in [-0.2, 0) is 4.79 Å². The predicted molar refractivity (Wildman–Crippen MR) is 172 cm³/mol. The number of hydrogen-bond donors (Lipinski definition) is 2. The Labute approximate surface area is 258 Å². The second-order valence-corrected chi connectivity index (χ2v) is 10.4. The summed E-state index contributed by atoms with van der Waals surface area (Å²) in [6, 6.07) is 34.3. The van der Waals surface area contributed by atoms with E-state index in [2.05, 4.69) is 67.5 Å². The molecule has 0 saturated heterocycles. The Kier molecular flexibility index (Phi) is 9.33. The van der Waals surface area contributed by atoms with E-state index in [9.17, 15) is 9.59 Å². The van der Waals surface area contributed by atoms with Gasteiger partial charge in [-0.2, -0.15) is 5.10 Å². The SMILES string of the molecule is COc1cc(/C=N/NC(=O)c2ccc(-n3c(C)ccc3-c3ccccc3)cc2)cc(Br)c1OCC(=O)Nc1ccccc1. The van der Waals surface area contributed by atoms with Crippen LogP contribution in [0.5, 0.6) is 11.5 Å². The van der Waals surface area contributed by atoms with E-state index < -0.39 is 0 Å². The van der Waals surface area contributed by atoms with E-state index in [0.29, 0.717) is 32.8 Å². The molecule has 0 saturated carbocycles. The summed E-state index contributed by atoms with van der Waals surface area (Å²) in [5, 5.41) is 6.89. The van der Waals surface area contributed by atoms with Crippen LogP contribution in [0.25, 0.3) is 16.9 Å². The van der Waals surface area contributed by atoms with Gasteiger partial charge >= 0.3 is 0 Å². The fourth-order valence-corrected chi connectivity index (χ4v) is 5.09. The van der Waals surface area contributed by atoms with E-state index in [4.69, 9.17) is 9.47 Å². The number of amides is 2. The summed E-state index contributed by atoms with van der Waals surface area (Å²) >= 11 is 3.47. The Hall–Kier alpha value is -5.15. The number of hydrazone groups is 1. The molecule has 8 nitrogen and oxygen atoms in total. The number of carbonyl (C=O) groups is 2. The van der Waals surface area contributed by atoms with Crippen LogP contribution in [0, 0.1) is 6.92 Å². The van der Waals surface area contributed by atoms with Crippen molar-refractivity contribution in [2.45, 2.75) is 6.92 Å². The van der Waals surface area contributed by atoms with Crippen molar-refractivity contribution in [2.75, 3.05) is 19.0 Å². The van der Waals surface area contributed by atoms with E-state index in [1.165, 1.54) is 13.3 Å². The van der Waals surface area contributed by atoms with Gasteiger partial charge < -0.3 is 19.4 Å². The van der Waals surface area contributed by atoms with E-state index in [1.807, 2.05) is 48.5 Å². The molecule has 0 unspecified atom stereocenters. The number of hydrogen-bond acceptors (Lipinski definition) is 5. The van der Waals surface area contributed by atoms with Crippen molar-refractivity contribution in [3.63, 3.8) is 0 Å². The lowest BCUT2D eigenvalue weighted by atomic mass is 10.1. The summed E-state index contributed by atoms with van der Waals surface area (Å²) in [4.78, 5) is 25.1. The highest BCUT2D eigenvalue weighted by atomic mass is 79.9. The summed E-state index contributed by atoms with van der Waals surface area (Å²) in [5.41, 5.74) is 8.61. The highest BCUT2D eigenvalue weighted by molar-refractivity contribution is 9.10. The third-order valence-corrected chi connectivity index (χ3v) is 7.16. The zero-order valence-corrected chi connectivity index (χ0v) is 25.2. The topological polar surface area (TPSA) is 93.9 Å². The third-order valence-electron chi connectivity index (χ3n) is 6.57. The van der Waals surface area contributed by atoms with Gasteiger partial charge in [-0.25, -0.2) is 5.43 Å². The first kappa shape index (κ1) is 29.3. The number of methoxy groups -OCH3 is 1. The maximum absolute atomic E-state index is 12.8. The number of anilines is 1. The van der Waals surface area contributed by atoms with Crippen molar-refractivity contribution < 1.29 is 19.1 Å². The largest absolute Gasteiger partial charge is 0.493 e. The molecule has 0 radical (unpaired) electrons. The summed E-state index contributed by atoms with van der Waals surface area (Å²) in [7, 11) is 1.50. The van der Waals surface area contributed by atoms with Gasteiger partial charge in [0.05, 0.1) is 23.5 Å². The minimum Gasteiger partial charge on any atom is -0.493 e. The van der Waals surface area contributed by atoms with Gasteiger partial charge in [-0.15, -0.1) is 0 Å². The molecule has 1 aromatic heterocycles. The van der Waals surface area contributed by atoms with Crippen molar-refractivity contribution in [1.29, 1.82) is 0 Å². The number of nitrogens with zero attached hydrogens (tertiary/aromatic N) is 2. The number of para-hydroxylation sites is 1. The first-order valence-corrected chi connectivity index (χ1v) is 14.2. The minimum absolute atomic E-state index is 0.205.